The topological polar surface area (TPSA) is 81.3 Å². The SMILES string of the molecule is CC[C@H]1CN(c2nc3ncccc3c(=O)n2C2CC2)CCN1C1CCN(Cc2ccc(C#N)cc2)CC1. The van der Waals surface area contributed by atoms with Gasteiger partial charge in [-0.1, -0.05) is 19.1 Å². The van der Waals surface area contributed by atoms with Gasteiger partial charge in [0.1, 0.15) is 0 Å². The number of piperidine rings is 1. The van der Waals surface area contributed by atoms with Crippen molar-refractivity contribution in [2.24, 2.45) is 0 Å². The number of fused-ring (bicyclic) bond motifs is 1. The highest BCUT2D eigenvalue weighted by Gasteiger charge is 2.36. The van der Waals surface area contributed by atoms with Crippen LogP contribution in [0.2, 0.25) is 0 Å². The van der Waals surface area contributed by atoms with E-state index in [1.54, 1.807) is 6.20 Å². The second kappa shape index (κ2) is 10.2. The molecule has 1 aromatic carbocycles. The van der Waals surface area contributed by atoms with Gasteiger partial charge in [-0.3, -0.25) is 19.2 Å². The summed E-state index contributed by atoms with van der Waals surface area (Å²) in [5, 5.41) is 9.65. The van der Waals surface area contributed by atoms with Gasteiger partial charge in [-0.15, -0.1) is 0 Å². The first-order chi connectivity index (χ1) is 18.1. The van der Waals surface area contributed by atoms with Crippen LogP contribution in [-0.4, -0.2) is 69.1 Å². The van der Waals surface area contributed by atoms with Crippen molar-refractivity contribution in [1.29, 1.82) is 5.26 Å². The number of hydrogen-bond acceptors (Lipinski definition) is 7. The van der Waals surface area contributed by atoms with Crippen LogP contribution < -0.4 is 10.5 Å². The molecule has 3 fully saturated rings. The van der Waals surface area contributed by atoms with Crippen LogP contribution in [0, 0.1) is 11.3 Å². The van der Waals surface area contributed by atoms with Gasteiger partial charge in [0, 0.05) is 50.5 Å². The van der Waals surface area contributed by atoms with E-state index in [1.165, 1.54) is 18.4 Å². The Hall–Kier alpha value is -3.28. The third-order valence-corrected chi connectivity index (χ3v) is 8.37. The lowest BCUT2D eigenvalue weighted by molar-refractivity contribution is 0.0607. The Morgan fingerprint density at radius 2 is 1.78 bits per heavy atom. The first-order valence-corrected chi connectivity index (χ1v) is 13.7. The number of piperazine rings is 1. The van der Waals surface area contributed by atoms with Crippen molar-refractivity contribution in [1.82, 2.24) is 24.3 Å². The van der Waals surface area contributed by atoms with Gasteiger partial charge in [-0.05, 0) is 75.0 Å². The normalized spacial score (nSPS) is 21.8. The third kappa shape index (κ3) is 4.86. The lowest BCUT2D eigenvalue weighted by Gasteiger charge is -2.47. The number of pyridine rings is 1. The first kappa shape index (κ1) is 24.1. The molecule has 4 heterocycles. The van der Waals surface area contributed by atoms with Gasteiger partial charge in [-0.2, -0.15) is 10.2 Å². The number of nitriles is 1. The van der Waals surface area contributed by atoms with Crippen LogP contribution in [0.1, 0.15) is 56.2 Å². The van der Waals surface area contributed by atoms with E-state index >= 15 is 0 Å². The maximum Gasteiger partial charge on any atom is 0.264 e. The molecule has 0 spiro atoms. The largest absolute Gasteiger partial charge is 0.339 e. The predicted molar refractivity (Wildman–Crippen MR) is 145 cm³/mol. The quantitative estimate of drug-likeness (QED) is 0.515. The highest BCUT2D eigenvalue weighted by molar-refractivity contribution is 5.74. The summed E-state index contributed by atoms with van der Waals surface area (Å²) in [6, 6.07) is 15.2. The molecule has 3 aliphatic rings. The maximum absolute atomic E-state index is 13.4. The fraction of sp³-hybridized carbons (Fsp3) is 0.517. The van der Waals surface area contributed by atoms with Crippen molar-refractivity contribution in [3.05, 3.63) is 64.1 Å². The monoisotopic (exact) mass is 497 g/mol. The van der Waals surface area contributed by atoms with Crippen molar-refractivity contribution in [3.8, 4) is 6.07 Å². The average Bonchev–Trinajstić information content (AvgIpc) is 3.79. The molecule has 1 aliphatic carbocycles. The summed E-state index contributed by atoms with van der Waals surface area (Å²) in [4.78, 5) is 30.3. The number of rotatable bonds is 6. The van der Waals surface area contributed by atoms with E-state index < -0.39 is 0 Å². The van der Waals surface area contributed by atoms with Gasteiger partial charge in [0.15, 0.2) is 5.65 Å². The maximum atomic E-state index is 13.4. The molecule has 0 N–H and O–H groups in total. The molecular weight excluding hydrogens is 462 g/mol. The van der Waals surface area contributed by atoms with E-state index in [1.807, 2.05) is 28.8 Å². The standard InChI is InChI=1S/C29H35N7O/c1-2-23-20-34(29-32-27-26(4-3-13-31-27)28(37)36(29)25-9-10-25)16-17-35(23)24-11-14-33(15-12-24)19-22-7-5-21(18-30)6-8-22/h3-8,13,23-25H,2,9-12,14-17,19-20H2,1H3/t23-/m0/s1. The van der Waals surface area contributed by atoms with Crippen molar-refractivity contribution < 1.29 is 0 Å². The van der Waals surface area contributed by atoms with Crippen LogP contribution in [-0.2, 0) is 6.54 Å². The van der Waals surface area contributed by atoms with E-state index in [4.69, 9.17) is 10.2 Å². The minimum absolute atomic E-state index is 0.0562. The van der Waals surface area contributed by atoms with Crippen molar-refractivity contribution >= 4 is 17.0 Å². The minimum Gasteiger partial charge on any atom is -0.339 e. The molecular formula is C29H35N7O. The second-order valence-electron chi connectivity index (χ2n) is 10.8. The molecule has 0 amide bonds. The van der Waals surface area contributed by atoms with Crippen LogP contribution in [0.25, 0.3) is 11.0 Å². The van der Waals surface area contributed by atoms with Gasteiger partial charge >= 0.3 is 0 Å². The van der Waals surface area contributed by atoms with Gasteiger partial charge in [0.2, 0.25) is 5.95 Å². The molecule has 0 unspecified atom stereocenters. The van der Waals surface area contributed by atoms with Crippen LogP contribution in [0.5, 0.6) is 0 Å². The molecule has 0 radical (unpaired) electrons. The second-order valence-corrected chi connectivity index (χ2v) is 10.8. The van der Waals surface area contributed by atoms with Crippen LogP contribution in [0.4, 0.5) is 5.95 Å². The van der Waals surface area contributed by atoms with E-state index in [-0.39, 0.29) is 11.6 Å². The molecule has 0 bridgehead atoms. The van der Waals surface area contributed by atoms with Crippen LogP contribution in [0.15, 0.2) is 47.4 Å². The van der Waals surface area contributed by atoms with E-state index in [0.29, 0.717) is 23.1 Å². The smallest absolute Gasteiger partial charge is 0.264 e. The Bertz CT molecular complexity index is 1350. The summed E-state index contributed by atoms with van der Waals surface area (Å²) in [5.41, 5.74) is 2.61. The summed E-state index contributed by atoms with van der Waals surface area (Å²) in [6.07, 6.45) is 7.27. The summed E-state index contributed by atoms with van der Waals surface area (Å²) < 4.78 is 1.95. The van der Waals surface area contributed by atoms with E-state index in [9.17, 15) is 4.79 Å². The molecule has 6 rings (SSSR count). The summed E-state index contributed by atoms with van der Waals surface area (Å²) >= 11 is 0. The summed E-state index contributed by atoms with van der Waals surface area (Å²) in [6.45, 7) is 8.22. The Morgan fingerprint density at radius 3 is 2.49 bits per heavy atom. The van der Waals surface area contributed by atoms with Crippen molar-refractivity contribution in [2.75, 3.05) is 37.6 Å². The number of anilines is 1. The molecule has 192 valence electrons. The molecule has 3 aromatic rings. The van der Waals surface area contributed by atoms with Crippen LogP contribution in [0.3, 0.4) is 0 Å². The average molecular weight is 498 g/mol. The zero-order valence-corrected chi connectivity index (χ0v) is 21.6. The van der Waals surface area contributed by atoms with Gasteiger partial charge < -0.3 is 4.90 Å². The lowest BCUT2D eigenvalue weighted by Crippen LogP contribution is -2.59. The molecule has 1 saturated carbocycles. The molecule has 2 aliphatic heterocycles. The fourth-order valence-corrected chi connectivity index (χ4v) is 6.15. The zero-order valence-electron chi connectivity index (χ0n) is 21.6. The van der Waals surface area contributed by atoms with Crippen molar-refractivity contribution in [3.63, 3.8) is 0 Å². The van der Waals surface area contributed by atoms with Gasteiger partial charge in [0.25, 0.3) is 5.56 Å². The predicted octanol–water partition coefficient (Wildman–Crippen LogP) is 3.56. The van der Waals surface area contributed by atoms with Crippen LogP contribution >= 0.6 is 0 Å². The number of hydrogen-bond donors (Lipinski definition) is 0. The number of aromatic nitrogens is 3. The number of likely N-dealkylation sites (tertiary alicyclic amines) is 1. The molecule has 1 atom stereocenters. The van der Waals surface area contributed by atoms with E-state index in [0.717, 1.165) is 70.0 Å². The van der Waals surface area contributed by atoms with Gasteiger partial charge in [0.05, 0.1) is 17.0 Å². The Kier molecular flexibility index (Phi) is 6.66. The first-order valence-electron chi connectivity index (χ1n) is 13.7. The summed E-state index contributed by atoms with van der Waals surface area (Å²) in [7, 11) is 0. The molecule has 8 nitrogen and oxygen atoms in total. The molecule has 37 heavy (non-hydrogen) atoms. The Balaban J connectivity index is 1.13. The molecule has 2 saturated heterocycles. The third-order valence-electron chi connectivity index (χ3n) is 8.37. The summed E-state index contributed by atoms with van der Waals surface area (Å²) in [5.74, 6) is 0.814. The fourth-order valence-electron chi connectivity index (χ4n) is 6.15. The number of nitrogens with zero attached hydrogens (tertiary/aromatic N) is 7. The number of benzene rings is 1. The van der Waals surface area contributed by atoms with Gasteiger partial charge in [-0.25, -0.2) is 4.98 Å². The Morgan fingerprint density at radius 1 is 1.00 bits per heavy atom. The lowest BCUT2D eigenvalue weighted by atomic mass is 9.98. The molecule has 8 heteroatoms. The van der Waals surface area contributed by atoms with Crippen molar-refractivity contribution in [2.45, 2.75) is 63.7 Å². The Labute approximate surface area is 218 Å². The zero-order chi connectivity index (χ0) is 25.4. The van der Waals surface area contributed by atoms with E-state index in [2.05, 4.69) is 44.8 Å². The minimum atomic E-state index is 0.0562. The molecule has 2 aromatic heterocycles. The highest BCUT2D eigenvalue weighted by atomic mass is 16.1. The highest BCUT2D eigenvalue weighted by Crippen LogP contribution is 2.37.